The van der Waals surface area contributed by atoms with Gasteiger partial charge in [-0.3, -0.25) is 4.79 Å². The Kier molecular flexibility index (Phi) is 4.24. The van der Waals surface area contributed by atoms with E-state index in [2.05, 4.69) is 5.32 Å². The van der Waals surface area contributed by atoms with Crippen molar-refractivity contribution in [1.82, 2.24) is 5.32 Å². The standard InChI is InChI=1S/C10H11Cl2NO2/c1-6-3-9(15-2)8(11)4-7(6)5-13-10(12)14/h3-4H,5H2,1-2H3,(H,13,14). The summed E-state index contributed by atoms with van der Waals surface area (Å²) in [6.45, 7) is 2.27. The number of hydrogen-bond donors (Lipinski definition) is 1. The predicted octanol–water partition coefficient (Wildman–Crippen LogP) is 3.11. The number of carbonyl (C=O) groups is 1. The molecule has 0 aliphatic heterocycles. The van der Waals surface area contributed by atoms with E-state index in [1.54, 1.807) is 13.2 Å². The van der Waals surface area contributed by atoms with Gasteiger partial charge < -0.3 is 10.1 Å². The molecule has 0 aliphatic carbocycles. The highest BCUT2D eigenvalue weighted by molar-refractivity contribution is 6.62. The van der Waals surface area contributed by atoms with E-state index >= 15 is 0 Å². The molecule has 0 bridgehead atoms. The lowest BCUT2D eigenvalue weighted by molar-refractivity contribution is 0.259. The summed E-state index contributed by atoms with van der Waals surface area (Å²) in [5.41, 5.74) is 1.90. The van der Waals surface area contributed by atoms with Crippen molar-refractivity contribution >= 4 is 28.6 Å². The molecule has 1 N–H and O–H groups in total. The maximum Gasteiger partial charge on any atom is 0.314 e. The lowest BCUT2D eigenvalue weighted by Crippen LogP contribution is -2.16. The Balaban J connectivity index is 2.90. The second kappa shape index (κ2) is 5.24. The largest absolute Gasteiger partial charge is 0.495 e. The Bertz CT molecular complexity index is 380. The molecular weight excluding hydrogens is 237 g/mol. The van der Waals surface area contributed by atoms with Crippen LogP contribution < -0.4 is 10.1 Å². The highest BCUT2D eigenvalue weighted by Crippen LogP contribution is 2.27. The molecule has 15 heavy (non-hydrogen) atoms. The van der Waals surface area contributed by atoms with Crippen molar-refractivity contribution in [1.29, 1.82) is 0 Å². The van der Waals surface area contributed by atoms with E-state index in [1.165, 1.54) is 0 Å². The van der Waals surface area contributed by atoms with Gasteiger partial charge in [-0.05, 0) is 41.8 Å². The van der Waals surface area contributed by atoms with Gasteiger partial charge in [-0.25, -0.2) is 0 Å². The zero-order valence-electron chi connectivity index (χ0n) is 8.43. The molecule has 0 heterocycles. The highest BCUT2D eigenvalue weighted by Gasteiger charge is 2.06. The number of aryl methyl sites for hydroxylation is 1. The molecule has 1 amide bonds. The van der Waals surface area contributed by atoms with Gasteiger partial charge in [0, 0.05) is 6.54 Å². The van der Waals surface area contributed by atoms with Gasteiger partial charge in [-0.15, -0.1) is 0 Å². The van der Waals surface area contributed by atoms with Gasteiger partial charge >= 0.3 is 5.37 Å². The summed E-state index contributed by atoms with van der Waals surface area (Å²) < 4.78 is 5.06. The third-order valence-corrected chi connectivity index (χ3v) is 2.46. The molecule has 0 fully saturated rings. The fraction of sp³-hybridized carbons (Fsp3) is 0.300. The maximum absolute atomic E-state index is 10.5. The number of ether oxygens (including phenoxy) is 1. The van der Waals surface area contributed by atoms with Gasteiger partial charge in [0.15, 0.2) is 0 Å². The van der Waals surface area contributed by atoms with Crippen molar-refractivity contribution in [3.63, 3.8) is 0 Å². The van der Waals surface area contributed by atoms with Crippen LogP contribution in [0.25, 0.3) is 0 Å². The Hall–Kier alpha value is -0.930. The van der Waals surface area contributed by atoms with Crippen molar-refractivity contribution in [2.45, 2.75) is 13.5 Å². The van der Waals surface area contributed by atoms with Gasteiger partial charge in [0.05, 0.1) is 12.1 Å². The van der Waals surface area contributed by atoms with Crippen LogP contribution in [-0.4, -0.2) is 12.5 Å². The fourth-order valence-electron chi connectivity index (χ4n) is 1.21. The number of hydrogen-bond acceptors (Lipinski definition) is 2. The zero-order chi connectivity index (χ0) is 11.4. The number of rotatable bonds is 3. The van der Waals surface area contributed by atoms with E-state index in [0.717, 1.165) is 11.1 Å². The minimum atomic E-state index is -0.582. The average Bonchev–Trinajstić information content (AvgIpc) is 2.18. The van der Waals surface area contributed by atoms with Crippen LogP contribution in [0.15, 0.2) is 12.1 Å². The number of halogens is 2. The van der Waals surface area contributed by atoms with E-state index < -0.39 is 5.37 Å². The Morgan fingerprint density at radius 2 is 2.20 bits per heavy atom. The van der Waals surface area contributed by atoms with Crippen molar-refractivity contribution in [3.8, 4) is 5.75 Å². The van der Waals surface area contributed by atoms with Crippen LogP contribution in [0.4, 0.5) is 4.79 Å². The lowest BCUT2D eigenvalue weighted by atomic mass is 10.1. The summed E-state index contributed by atoms with van der Waals surface area (Å²) in [6, 6.07) is 3.57. The van der Waals surface area contributed by atoms with E-state index in [4.69, 9.17) is 27.9 Å². The van der Waals surface area contributed by atoms with Crippen molar-refractivity contribution < 1.29 is 9.53 Å². The van der Waals surface area contributed by atoms with Crippen molar-refractivity contribution in [2.75, 3.05) is 7.11 Å². The third-order valence-electron chi connectivity index (χ3n) is 2.03. The molecule has 0 unspecified atom stereocenters. The molecule has 1 aromatic carbocycles. The van der Waals surface area contributed by atoms with E-state index in [0.29, 0.717) is 17.3 Å². The summed E-state index contributed by atoms with van der Waals surface area (Å²) in [7, 11) is 1.56. The first-order valence-electron chi connectivity index (χ1n) is 4.31. The van der Waals surface area contributed by atoms with E-state index in [9.17, 15) is 4.79 Å². The smallest absolute Gasteiger partial charge is 0.314 e. The topological polar surface area (TPSA) is 38.3 Å². The highest BCUT2D eigenvalue weighted by atomic mass is 35.5. The summed E-state index contributed by atoms with van der Waals surface area (Å²) in [5.74, 6) is 0.620. The summed E-state index contributed by atoms with van der Waals surface area (Å²) >= 11 is 11.1. The SMILES string of the molecule is COc1cc(C)c(CNC(=O)Cl)cc1Cl. The van der Waals surface area contributed by atoms with Gasteiger partial charge in [-0.2, -0.15) is 0 Å². The molecule has 0 spiro atoms. The second-order valence-electron chi connectivity index (χ2n) is 3.04. The molecule has 5 heteroatoms. The van der Waals surface area contributed by atoms with Gasteiger partial charge in [0.1, 0.15) is 5.75 Å². The second-order valence-corrected chi connectivity index (χ2v) is 3.79. The van der Waals surface area contributed by atoms with Crippen LogP contribution in [0.1, 0.15) is 11.1 Å². The van der Waals surface area contributed by atoms with Crippen LogP contribution in [0.3, 0.4) is 0 Å². The first kappa shape index (κ1) is 12.1. The molecule has 0 aliphatic rings. The Labute approximate surface area is 98.3 Å². The summed E-state index contributed by atoms with van der Waals surface area (Å²) in [6.07, 6.45) is 0. The maximum atomic E-state index is 10.5. The predicted molar refractivity (Wildman–Crippen MR) is 60.8 cm³/mol. The van der Waals surface area contributed by atoms with Crippen LogP contribution in [0.5, 0.6) is 5.75 Å². The number of carbonyl (C=O) groups excluding carboxylic acids is 1. The minimum absolute atomic E-state index is 0.359. The Morgan fingerprint density at radius 3 is 2.73 bits per heavy atom. The molecule has 0 radical (unpaired) electrons. The third kappa shape index (κ3) is 3.29. The van der Waals surface area contributed by atoms with E-state index in [-0.39, 0.29) is 0 Å². The van der Waals surface area contributed by atoms with Gasteiger partial charge in [0.25, 0.3) is 0 Å². The van der Waals surface area contributed by atoms with Crippen LogP contribution >= 0.6 is 23.2 Å². The van der Waals surface area contributed by atoms with Gasteiger partial charge in [-0.1, -0.05) is 11.6 Å². The number of amides is 1. The van der Waals surface area contributed by atoms with E-state index in [1.807, 2.05) is 13.0 Å². The molecule has 1 aromatic rings. The molecule has 82 valence electrons. The average molecular weight is 248 g/mol. The quantitative estimate of drug-likeness (QED) is 0.659. The Morgan fingerprint density at radius 1 is 1.53 bits per heavy atom. The molecule has 1 rings (SSSR count). The molecule has 3 nitrogen and oxygen atoms in total. The van der Waals surface area contributed by atoms with Crippen LogP contribution in [-0.2, 0) is 6.54 Å². The summed E-state index contributed by atoms with van der Waals surface area (Å²) in [4.78, 5) is 10.5. The number of benzene rings is 1. The molecule has 0 saturated carbocycles. The van der Waals surface area contributed by atoms with Crippen molar-refractivity contribution in [2.24, 2.45) is 0 Å². The molecule has 0 aromatic heterocycles. The first-order valence-corrected chi connectivity index (χ1v) is 5.06. The van der Waals surface area contributed by atoms with Crippen molar-refractivity contribution in [3.05, 3.63) is 28.3 Å². The molecular formula is C10H11Cl2NO2. The molecule has 0 saturated heterocycles. The number of nitrogens with one attached hydrogen (secondary N) is 1. The summed E-state index contributed by atoms with van der Waals surface area (Å²) in [5, 5.41) is 2.43. The number of methoxy groups -OCH3 is 1. The zero-order valence-corrected chi connectivity index (χ0v) is 9.95. The normalized spacial score (nSPS) is 9.87. The lowest BCUT2D eigenvalue weighted by Gasteiger charge is -2.09. The van der Waals surface area contributed by atoms with Crippen LogP contribution in [0, 0.1) is 6.92 Å². The first-order chi connectivity index (χ1) is 7.04. The fourth-order valence-corrected chi connectivity index (χ4v) is 1.54. The van der Waals surface area contributed by atoms with Gasteiger partial charge in [0.2, 0.25) is 0 Å². The molecule has 0 atom stereocenters. The monoisotopic (exact) mass is 247 g/mol. The minimum Gasteiger partial charge on any atom is -0.495 e. The van der Waals surface area contributed by atoms with Crippen LogP contribution in [0.2, 0.25) is 5.02 Å².